The van der Waals surface area contributed by atoms with Gasteiger partial charge in [0.15, 0.2) is 0 Å². The first-order chi connectivity index (χ1) is 33.7. The Bertz CT molecular complexity index is 2080. The van der Waals surface area contributed by atoms with Crippen molar-refractivity contribution in [3.63, 3.8) is 0 Å². The minimum absolute atomic E-state index is 0.0901. The molecular weight excluding hydrogens is 895 g/mol. The van der Waals surface area contributed by atoms with Gasteiger partial charge >= 0.3 is 0 Å². The van der Waals surface area contributed by atoms with E-state index >= 15 is 0 Å². The quantitative estimate of drug-likeness (QED) is 0.0970. The molecule has 0 amide bonds. The van der Waals surface area contributed by atoms with Gasteiger partial charge in [-0.15, -0.1) is 0 Å². The lowest BCUT2D eigenvalue weighted by Crippen LogP contribution is -2.65. The van der Waals surface area contributed by atoms with Crippen molar-refractivity contribution < 1.29 is 28.7 Å². The third kappa shape index (κ3) is 12.1. The second kappa shape index (κ2) is 21.7. The molecule has 3 aliphatic heterocycles. The van der Waals surface area contributed by atoms with Gasteiger partial charge in [0.2, 0.25) is 0 Å². The van der Waals surface area contributed by atoms with Gasteiger partial charge in [0.25, 0.3) is 0 Å². The summed E-state index contributed by atoms with van der Waals surface area (Å²) in [6.07, 6.45) is 4.13. The SMILES string of the molecule is CC(ON1C(C)(C)CC(Oc2cc(OC3CC(C)(C)N(OC(C)c4ccccc4)C(C)(C(C)C)C3)cc(OC3CC(C)(C)N(OC(C)c4ccccc4)C(C)(C(C)C)C3)c2)CC1(C)C(C)C)c1ccccc1. The molecule has 0 aliphatic carbocycles. The van der Waals surface area contributed by atoms with E-state index in [2.05, 4.69) is 249 Å². The van der Waals surface area contributed by atoms with Crippen LogP contribution in [0.1, 0.15) is 198 Å². The van der Waals surface area contributed by atoms with Crippen molar-refractivity contribution in [1.29, 1.82) is 0 Å². The zero-order valence-corrected chi connectivity index (χ0v) is 47.6. The topological polar surface area (TPSA) is 65.1 Å². The van der Waals surface area contributed by atoms with E-state index < -0.39 is 0 Å². The van der Waals surface area contributed by atoms with E-state index in [1.165, 1.54) is 0 Å². The minimum Gasteiger partial charge on any atom is -0.490 e. The molecule has 0 N–H and O–H groups in total. The highest BCUT2D eigenvalue weighted by Crippen LogP contribution is 2.50. The van der Waals surface area contributed by atoms with Gasteiger partial charge in [0, 0.05) is 90.0 Å². The summed E-state index contributed by atoms with van der Waals surface area (Å²) in [6.45, 7) is 41.1. The predicted molar refractivity (Wildman–Crippen MR) is 293 cm³/mol. The maximum atomic E-state index is 7.28. The van der Waals surface area contributed by atoms with E-state index in [4.69, 9.17) is 28.7 Å². The van der Waals surface area contributed by atoms with Crippen LogP contribution in [0.25, 0.3) is 0 Å². The smallest absolute Gasteiger partial charge is 0.127 e. The van der Waals surface area contributed by atoms with E-state index in [9.17, 15) is 0 Å². The Hall–Kier alpha value is -3.96. The van der Waals surface area contributed by atoms with E-state index in [0.717, 1.165) is 72.5 Å². The van der Waals surface area contributed by atoms with Gasteiger partial charge in [-0.3, -0.25) is 14.5 Å². The lowest BCUT2D eigenvalue weighted by Gasteiger charge is -2.57. The van der Waals surface area contributed by atoms with Crippen LogP contribution in [0.2, 0.25) is 0 Å². The fraction of sp³-hybridized carbons (Fsp3) is 0.619. The molecule has 396 valence electrons. The van der Waals surface area contributed by atoms with E-state index in [1.807, 2.05) is 0 Å². The van der Waals surface area contributed by atoms with Crippen molar-refractivity contribution in [2.75, 3.05) is 0 Å². The summed E-state index contributed by atoms with van der Waals surface area (Å²) in [5.74, 6) is 3.13. The molecular formula is C63H93N3O6. The second-order valence-electron chi connectivity index (χ2n) is 25.4. The molecule has 9 heteroatoms. The molecule has 0 saturated carbocycles. The molecule has 0 bridgehead atoms. The van der Waals surface area contributed by atoms with Crippen molar-refractivity contribution in [1.82, 2.24) is 15.2 Å². The average Bonchev–Trinajstić information content (AvgIpc) is 3.30. The number of hydrogen-bond donors (Lipinski definition) is 0. The van der Waals surface area contributed by atoms with Gasteiger partial charge in [-0.1, -0.05) is 133 Å². The number of benzene rings is 4. The standard InChI is InChI=1S/C63H93N3O6/c1-43(2)61(16)40-55(37-58(10,11)64(61)70-46(7)49-28-22-19-23-29-49)67-52-34-53(68-56-38-59(12,13)65(62(17,41-56)44(3)4)71-47(8)50-30-24-20-25-31-50)36-54(35-52)69-57-39-60(14,15)66(63(18,42-57)45(5)6)72-48(9)51-32-26-21-27-33-51/h19-36,43-48,55-57H,37-42H2,1-18H3. The van der Waals surface area contributed by atoms with Gasteiger partial charge in [0.1, 0.15) is 53.9 Å². The monoisotopic (exact) mass is 988 g/mol. The Morgan fingerprint density at radius 1 is 0.347 bits per heavy atom. The molecule has 9 unspecified atom stereocenters. The first kappa shape index (κ1) is 55.8. The largest absolute Gasteiger partial charge is 0.490 e. The summed E-state index contributed by atoms with van der Waals surface area (Å²) < 4.78 is 21.8. The molecule has 9 atom stereocenters. The van der Waals surface area contributed by atoms with Crippen molar-refractivity contribution in [2.45, 2.75) is 233 Å². The highest BCUT2D eigenvalue weighted by atomic mass is 16.7. The molecule has 7 rings (SSSR count). The second-order valence-corrected chi connectivity index (χ2v) is 25.4. The summed E-state index contributed by atoms with van der Waals surface area (Å²) in [4.78, 5) is 21.0. The Labute approximate surface area is 436 Å². The molecule has 3 aliphatic rings. The Morgan fingerprint density at radius 3 is 0.778 bits per heavy atom. The number of rotatable bonds is 18. The number of ether oxygens (including phenoxy) is 3. The van der Waals surface area contributed by atoms with Gasteiger partial charge in [0.05, 0.1) is 0 Å². The van der Waals surface area contributed by atoms with Crippen LogP contribution in [0.3, 0.4) is 0 Å². The maximum Gasteiger partial charge on any atom is 0.127 e. The van der Waals surface area contributed by atoms with Gasteiger partial charge in [-0.05, 0) is 118 Å². The van der Waals surface area contributed by atoms with Gasteiger partial charge in [-0.25, -0.2) is 0 Å². The highest BCUT2D eigenvalue weighted by molar-refractivity contribution is 5.43. The number of hydrogen-bond acceptors (Lipinski definition) is 9. The van der Waals surface area contributed by atoms with Crippen LogP contribution in [-0.4, -0.2) is 66.7 Å². The van der Waals surface area contributed by atoms with Crippen LogP contribution in [0.4, 0.5) is 0 Å². The number of nitrogens with zero attached hydrogens (tertiary/aromatic N) is 3. The van der Waals surface area contributed by atoms with Crippen molar-refractivity contribution in [3.8, 4) is 17.2 Å². The molecule has 3 fully saturated rings. The van der Waals surface area contributed by atoms with E-state index in [-0.39, 0.29) is 87.6 Å². The van der Waals surface area contributed by atoms with Crippen molar-refractivity contribution in [2.24, 2.45) is 17.8 Å². The molecule has 0 radical (unpaired) electrons. The van der Waals surface area contributed by atoms with Gasteiger partial charge < -0.3 is 14.2 Å². The summed E-state index contributed by atoms with van der Waals surface area (Å²) in [5.41, 5.74) is 1.55. The molecule has 72 heavy (non-hydrogen) atoms. The first-order valence-corrected chi connectivity index (χ1v) is 27.4. The zero-order valence-electron chi connectivity index (χ0n) is 47.6. The van der Waals surface area contributed by atoms with Gasteiger partial charge in [-0.2, -0.15) is 15.2 Å². The average molecular weight is 988 g/mol. The number of hydroxylamine groups is 6. The van der Waals surface area contributed by atoms with E-state index in [1.54, 1.807) is 0 Å². The summed E-state index contributed by atoms with van der Waals surface area (Å²) in [6, 6.07) is 37.9. The fourth-order valence-electron chi connectivity index (χ4n) is 12.4. The molecule has 0 spiro atoms. The Morgan fingerprint density at radius 2 is 0.569 bits per heavy atom. The molecule has 4 aromatic carbocycles. The van der Waals surface area contributed by atoms with Crippen LogP contribution >= 0.6 is 0 Å². The minimum atomic E-state index is -0.333. The molecule has 0 aromatic heterocycles. The van der Waals surface area contributed by atoms with Crippen molar-refractivity contribution >= 4 is 0 Å². The summed E-state index contributed by atoms with van der Waals surface area (Å²) in [7, 11) is 0. The zero-order chi connectivity index (χ0) is 52.6. The third-order valence-corrected chi connectivity index (χ3v) is 17.2. The maximum absolute atomic E-state index is 7.28. The molecule has 9 nitrogen and oxygen atoms in total. The summed E-state index contributed by atoms with van der Waals surface area (Å²) >= 11 is 0. The normalized spacial score (nSPS) is 29.2. The first-order valence-electron chi connectivity index (χ1n) is 27.4. The fourth-order valence-corrected chi connectivity index (χ4v) is 12.4. The lowest BCUT2D eigenvalue weighted by atomic mass is 9.73. The van der Waals surface area contributed by atoms with Crippen LogP contribution in [0, 0.1) is 17.8 Å². The Balaban J connectivity index is 1.20. The Kier molecular flexibility index (Phi) is 16.8. The van der Waals surface area contributed by atoms with Crippen LogP contribution < -0.4 is 14.2 Å². The highest BCUT2D eigenvalue weighted by Gasteiger charge is 2.55. The summed E-state index contributed by atoms with van der Waals surface area (Å²) in [5, 5.41) is 6.89. The third-order valence-electron chi connectivity index (χ3n) is 17.2. The van der Waals surface area contributed by atoms with Crippen LogP contribution in [0.5, 0.6) is 17.2 Å². The molecule has 3 saturated heterocycles. The predicted octanol–water partition coefficient (Wildman–Crippen LogP) is 15.9. The lowest BCUT2D eigenvalue weighted by molar-refractivity contribution is -0.325. The van der Waals surface area contributed by atoms with Crippen molar-refractivity contribution in [3.05, 3.63) is 126 Å². The van der Waals surface area contributed by atoms with Crippen LogP contribution in [-0.2, 0) is 14.5 Å². The van der Waals surface area contributed by atoms with Crippen LogP contribution in [0.15, 0.2) is 109 Å². The molecule has 4 aromatic rings. The van der Waals surface area contributed by atoms with E-state index in [0.29, 0.717) is 0 Å². The number of piperidine rings is 3. The molecule has 3 heterocycles.